The Morgan fingerprint density at radius 3 is 2.88 bits per heavy atom. The molecule has 0 N–H and O–H groups in total. The first-order valence-electron chi connectivity index (χ1n) is 4.68. The highest BCUT2D eigenvalue weighted by Crippen LogP contribution is 2.21. The van der Waals surface area contributed by atoms with Crippen LogP contribution >= 0.6 is 11.6 Å². The standard InChI is InChI=1S/C9H10ClN3O3S/c1-13-9-6(4-11-13)3-8(10)12-7(9)5-16-17(2,14)15/h3-4H,5H2,1-2H3. The number of aromatic nitrogens is 3. The lowest BCUT2D eigenvalue weighted by Gasteiger charge is -2.05. The van der Waals surface area contributed by atoms with Gasteiger partial charge in [0.1, 0.15) is 11.8 Å². The molecule has 6 nitrogen and oxygen atoms in total. The summed E-state index contributed by atoms with van der Waals surface area (Å²) in [5.74, 6) is 0. The number of hydrogen-bond donors (Lipinski definition) is 0. The number of pyridine rings is 1. The van der Waals surface area contributed by atoms with Crippen molar-refractivity contribution in [2.75, 3.05) is 6.26 Å². The Morgan fingerprint density at radius 1 is 1.53 bits per heavy atom. The maximum absolute atomic E-state index is 10.9. The Hall–Kier alpha value is -1.18. The number of rotatable bonds is 3. The van der Waals surface area contributed by atoms with Gasteiger partial charge in [0.05, 0.1) is 23.7 Å². The SMILES string of the molecule is Cn1ncc2cc(Cl)nc(COS(C)(=O)=O)c21. The molecule has 2 rings (SSSR count). The van der Waals surface area contributed by atoms with Crippen LogP contribution in [-0.4, -0.2) is 29.4 Å². The van der Waals surface area contributed by atoms with Crippen molar-refractivity contribution in [3.8, 4) is 0 Å². The molecule has 17 heavy (non-hydrogen) atoms. The fourth-order valence-electron chi connectivity index (χ4n) is 1.52. The molecule has 0 aromatic carbocycles. The molecule has 8 heteroatoms. The zero-order valence-electron chi connectivity index (χ0n) is 9.21. The maximum atomic E-state index is 10.9. The number of fused-ring (bicyclic) bond motifs is 1. The molecule has 0 aliphatic rings. The van der Waals surface area contributed by atoms with Gasteiger partial charge in [-0.3, -0.25) is 8.86 Å². The monoisotopic (exact) mass is 275 g/mol. The summed E-state index contributed by atoms with van der Waals surface area (Å²) in [5, 5.41) is 5.12. The highest BCUT2D eigenvalue weighted by molar-refractivity contribution is 7.85. The van der Waals surface area contributed by atoms with Crippen LogP contribution in [0.3, 0.4) is 0 Å². The molecular weight excluding hydrogens is 266 g/mol. The molecule has 0 aliphatic carbocycles. The second-order valence-corrected chi connectivity index (χ2v) is 5.60. The van der Waals surface area contributed by atoms with Gasteiger partial charge in [-0.25, -0.2) is 4.98 Å². The van der Waals surface area contributed by atoms with Crippen LogP contribution in [0, 0.1) is 0 Å². The summed E-state index contributed by atoms with van der Waals surface area (Å²) in [6.45, 7) is -0.157. The molecule has 2 aromatic rings. The summed E-state index contributed by atoms with van der Waals surface area (Å²) in [7, 11) is -1.77. The van der Waals surface area contributed by atoms with E-state index in [0.29, 0.717) is 11.2 Å². The van der Waals surface area contributed by atoms with Gasteiger partial charge < -0.3 is 0 Å². The zero-order chi connectivity index (χ0) is 12.6. The van der Waals surface area contributed by atoms with Crippen molar-refractivity contribution in [3.63, 3.8) is 0 Å². The lowest BCUT2D eigenvalue weighted by atomic mass is 10.2. The van der Waals surface area contributed by atoms with Gasteiger partial charge in [0.2, 0.25) is 0 Å². The molecular formula is C9H10ClN3O3S. The van der Waals surface area contributed by atoms with Gasteiger partial charge >= 0.3 is 0 Å². The first-order valence-corrected chi connectivity index (χ1v) is 6.88. The van der Waals surface area contributed by atoms with Crippen molar-refractivity contribution in [2.24, 2.45) is 7.05 Å². The highest BCUT2D eigenvalue weighted by atomic mass is 35.5. The third-order valence-electron chi connectivity index (χ3n) is 2.17. The Kier molecular flexibility index (Phi) is 3.07. The van der Waals surface area contributed by atoms with E-state index in [2.05, 4.69) is 10.1 Å². The molecule has 0 unspecified atom stereocenters. The van der Waals surface area contributed by atoms with Gasteiger partial charge in [0.15, 0.2) is 0 Å². The van der Waals surface area contributed by atoms with E-state index in [0.717, 1.165) is 11.6 Å². The van der Waals surface area contributed by atoms with E-state index in [-0.39, 0.29) is 11.8 Å². The smallest absolute Gasteiger partial charge is 0.264 e. The minimum atomic E-state index is -3.51. The predicted octanol–water partition coefficient (Wildman–Crippen LogP) is 1.10. The van der Waals surface area contributed by atoms with Gasteiger partial charge in [-0.15, -0.1) is 0 Å². The Morgan fingerprint density at radius 2 is 2.24 bits per heavy atom. The zero-order valence-corrected chi connectivity index (χ0v) is 10.8. The van der Waals surface area contributed by atoms with Crippen LogP contribution in [0.25, 0.3) is 10.9 Å². The third-order valence-corrected chi connectivity index (χ3v) is 2.91. The van der Waals surface area contributed by atoms with Crippen LogP contribution in [0.2, 0.25) is 5.15 Å². The van der Waals surface area contributed by atoms with Crippen LogP contribution < -0.4 is 0 Å². The van der Waals surface area contributed by atoms with Gasteiger partial charge in [-0.2, -0.15) is 13.5 Å². The lowest BCUT2D eigenvalue weighted by Crippen LogP contribution is -2.06. The number of aryl methyl sites for hydroxylation is 1. The quantitative estimate of drug-likeness (QED) is 0.619. The fourth-order valence-corrected chi connectivity index (χ4v) is 2.06. The fraction of sp³-hybridized carbons (Fsp3) is 0.333. The molecule has 0 atom stereocenters. The summed E-state index contributed by atoms with van der Waals surface area (Å²) >= 11 is 5.83. The Bertz CT molecular complexity index is 665. The summed E-state index contributed by atoms with van der Waals surface area (Å²) in [6.07, 6.45) is 2.62. The largest absolute Gasteiger partial charge is 0.266 e. The van der Waals surface area contributed by atoms with E-state index in [4.69, 9.17) is 15.8 Å². The van der Waals surface area contributed by atoms with E-state index in [9.17, 15) is 8.42 Å². The van der Waals surface area contributed by atoms with E-state index in [1.807, 2.05) is 0 Å². The second-order valence-electron chi connectivity index (χ2n) is 3.56. The molecule has 0 saturated heterocycles. The van der Waals surface area contributed by atoms with Crippen molar-refractivity contribution in [2.45, 2.75) is 6.61 Å². The van der Waals surface area contributed by atoms with E-state index in [1.165, 1.54) is 0 Å². The van der Waals surface area contributed by atoms with Crippen LogP contribution in [0.1, 0.15) is 5.69 Å². The second kappa shape index (κ2) is 4.25. The minimum Gasteiger partial charge on any atom is -0.266 e. The molecule has 2 heterocycles. The topological polar surface area (TPSA) is 74.1 Å². The Labute approximate surface area is 103 Å². The van der Waals surface area contributed by atoms with Crippen molar-refractivity contribution < 1.29 is 12.6 Å². The summed E-state index contributed by atoms with van der Waals surface area (Å²) < 4.78 is 28.2. The van der Waals surface area contributed by atoms with Crippen molar-refractivity contribution in [1.29, 1.82) is 0 Å². The van der Waals surface area contributed by atoms with Crippen molar-refractivity contribution >= 4 is 32.6 Å². The van der Waals surface area contributed by atoms with Crippen LogP contribution in [0.15, 0.2) is 12.3 Å². The first kappa shape index (κ1) is 12.3. The average Bonchev–Trinajstić information content (AvgIpc) is 2.55. The molecule has 0 spiro atoms. The molecule has 0 saturated carbocycles. The Balaban J connectivity index is 2.48. The van der Waals surface area contributed by atoms with E-state index < -0.39 is 10.1 Å². The van der Waals surface area contributed by atoms with Crippen molar-refractivity contribution in [3.05, 3.63) is 23.1 Å². The molecule has 0 fully saturated rings. The first-order chi connectivity index (χ1) is 7.87. The normalized spacial score (nSPS) is 12.2. The van der Waals surface area contributed by atoms with Crippen LogP contribution in [0.4, 0.5) is 0 Å². The summed E-state index contributed by atoms with van der Waals surface area (Å²) in [4.78, 5) is 4.05. The van der Waals surface area contributed by atoms with E-state index >= 15 is 0 Å². The van der Waals surface area contributed by atoms with Gasteiger partial charge in [-0.1, -0.05) is 11.6 Å². The molecule has 0 bridgehead atoms. The third kappa shape index (κ3) is 2.74. The average molecular weight is 276 g/mol. The number of halogens is 1. The van der Waals surface area contributed by atoms with Crippen LogP contribution in [-0.2, 0) is 28.0 Å². The number of nitrogens with zero attached hydrogens (tertiary/aromatic N) is 3. The summed E-state index contributed by atoms with van der Waals surface area (Å²) in [6, 6.07) is 1.66. The predicted molar refractivity (Wildman–Crippen MR) is 63.2 cm³/mol. The molecule has 0 radical (unpaired) electrons. The lowest BCUT2D eigenvalue weighted by molar-refractivity contribution is 0.308. The molecule has 2 aromatic heterocycles. The molecule has 92 valence electrons. The minimum absolute atomic E-state index is 0.157. The van der Waals surface area contributed by atoms with E-state index in [1.54, 1.807) is 24.0 Å². The van der Waals surface area contributed by atoms with Crippen LogP contribution in [0.5, 0.6) is 0 Å². The highest BCUT2D eigenvalue weighted by Gasteiger charge is 2.12. The van der Waals surface area contributed by atoms with Gasteiger partial charge in [0, 0.05) is 12.4 Å². The van der Waals surface area contributed by atoms with Crippen molar-refractivity contribution in [1.82, 2.24) is 14.8 Å². The molecule has 0 amide bonds. The van der Waals surface area contributed by atoms with Gasteiger partial charge in [-0.05, 0) is 6.07 Å². The molecule has 0 aliphatic heterocycles. The number of hydrogen-bond acceptors (Lipinski definition) is 5. The maximum Gasteiger partial charge on any atom is 0.264 e. The van der Waals surface area contributed by atoms with Gasteiger partial charge in [0.25, 0.3) is 10.1 Å². The summed E-state index contributed by atoms with van der Waals surface area (Å²) in [5.41, 5.74) is 1.15.